The van der Waals surface area contributed by atoms with E-state index in [4.69, 9.17) is 4.74 Å². The van der Waals surface area contributed by atoms with Gasteiger partial charge >= 0.3 is 11.1 Å². The molecular weight excluding hydrogens is 186 g/mol. The van der Waals surface area contributed by atoms with E-state index in [2.05, 4.69) is 15.0 Å². The maximum atomic E-state index is 11.0. The Kier molecular flexibility index (Phi) is 1.81. The highest BCUT2D eigenvalue weighted by Crippen LogP contribution is 2.16. The first-order valence-corrected chi connectivity index (χ1v) is 3.87. The molecule has 2 N–H and O–H groups in total. The summed E-state index contributed by atoms with van der Waals surface area (Å²) in [5, 5.41) is 0. The highest BCUT2D eigenvalue weighted by Gasteiger charge is 2.04. The van der Waals surface area contributed by atoms with E-state index in [-0.39, 0.29) is 0 Å². The number of H-pyrrole nitrogens is 2. The van der Waals surface area contributed by atoms with Gasteiger partial charge in [-0.05, 0) is 0 Å². The van der Waals surface area contributed by atoms with Crippen molar-refractivity contribution in [1.29, 1.82) is 0 Å². The lowest BCUT2D eigenvalue weighted by molar-refractivity contribution is 0.418. The second-order valence-corrected chi connectivity index (χ2v) is 2.65. The van der Waals surface area contributed by atoms with Crippen molar-refractivity contribution in [2.45, 2.75) is 0 Å². The van der Waals surface area contributed by atoms with Crippen LogP contribution in [0.25, 0.3) is 11.2 Å². The minimum Gasteiger partial charge on any atom is -0.494 e. The zero-order chi connectivity index (χ0) is 10.1. The fourth-order valence-electron chi connectivity index (χ4n) is 1.16. The number of aromatic amines is 2. The maximum Gasteiger partial charge on any atom is 0.315 e. The van der Waals surface area contributed by atoms with Gasteiger partial charge in [0.05, 0.1) is 7.11 Å². The number of rotatable bonds is 1. The molecule has 0 fully saturated rings. The smallest absolute Gasteiger partial charge is 0.315 e. The summed E-state index contributed by atoms with van der Waals surface area (Å²) in [5.74, 6) is 0.461. The molecule has 2 aromatic heterocycles. The van der Waals surface area contributed by atoms with Gasteiger partial charge in [-0.1, -0.05) is 0 Å². The summed E-state index contributed by atoms with van der Waals surface area (Å²) >= 11 is 0. The Bertz CT molecular complexity index is 584. The van der Waals surface area contributed by atoms with Crippen molar-refractivity contribution in [3.8, 4) is 5.75 Å². The summed E-state index contributed by atoms with van der Waals surface area (Å²) in [6.45, 7) is 0. The van der Waals surface area contributed by atoms with Crippen molar-refractivity contribution < 1.29 is 4.74 Å². The van der Waals surface area contributed by atoms with Crippen LogP contribution in [0.5, 0.6) is 5.75 Å². The first-order chi connectivity index (χ1) is 6.72. The van der Waals surface area contributed by atoms with Crippen LogP contribution in [-0.2, 0) is 0 Å². The van der Waals surface area contributed by atoms with Crippen LogP contribution in [0.15, 0.2) is 21.9 Å². The lowest BCUT2D eigenvalue weighted by Gasteiger charge is -2.02. The molecule has 0 aliphatic heterocycles. The highest BCUT2D eigenvalue weighted by atomic mass is 16.5. The first kappa shape index (κ1) is 8.49. The van der Waals surface area contributed by atoms with E-state index < -0.39 is 11.1 Å². The number of fused-ring (bicyclic) bond motifs is 1. The fourth-order valence-corrected chi connectivity index (χ4v) is 1.16. The van der Waals surface area contributed by atoms with Gasteiger partial charge in [0.25, 0.3) is 0 Å². The standard InChI is InChI=1S/C8H7N3O3/c1-14-4-2-3-9-6-5(4)10-7(12)8(13)11-6/h2-3H,1H3,(H,10,12)(H,9,11,13). The molecule has 0 spiro atoms. The molecule has 0 radical (unpaired) electrons. The molecule has 6 nitrogen and oxygen atoms in total. The quantitative estimate of drug-likeness (QED) is 0.604. The van der Waals surface area contributed by atoms with E-state index in [9.17, 15) is 9.59 Å². The van der Waals surface area contributed by atoms with Crippen molar-refractivity contribution in [2.75, 3.05) is 7.11 Å². The van der Waals surface area contributed by atoms with E-state index in [0.717, 1.165) is 0 Å². The van der Waals surface area contributed by atoms with Crippen molar-refractivity contribution >= 4 is 11.2 Å². The predicted molar refractivity (Wildman–Crippen MR) is 49.5 cm³/mol. The number of ether oxygens (including phenoxy) is 1. The Hall–Kier alpha value is -2.11. The zero-order valence-electron chi connectivity index (χ0n) is 7.33. The third kappa shape index (κ3) is 1.17. The van der Waals surface area contributed by atoms with Crippen molar-refractivity contribution in [3.05, 3.63) is 33.0 Å². The Morgan fingerprint density at radius 3 is 2.71 bits per heavy atom. The van der Waals surface area contributed by atoms with E-state index >= 15 is 0 Å². The van der Waals surface area contributed by atoms with E-state index in [1.165, 1.54) is 13.3 Å². The van der Waals surface area contributed by atoms with Crippen LogP contribution < -0.4 is 15.9 Å². The number of nitrogens with one attached hydrogen (secondary N) is 2. The van der Waals surface area contributed by atoms with Crippen molar-refractivity contribution in [2.24, 2.45) is 0 Å². The molecule has 0 bridgehead atoms. The van der Waals surface area contributed by atoms with Crippen LogP contribution in [0.4, 0.5) is 0 Å². The summed E-state index contributed by atoms with van der Waals surface area (Å²) in [6.07, 6.45) is 1.48. The Balaban J connectivity index is 2.95. The molecule has 0 aliphatic carbocycles. The van der Waals surface area contributed by atoms with Crippen LogP contribution in [0.3, 0.4) is 0 Å². The van der Waals surface area contributed by atoms with Crippen molar-refractivity contribution in [3.63, 3.8) is 0 Å². The lowest BCUT2D eigenvalue weighted by Crippen LogP contribution is -2.29. The monoisotopic (exact) mass is 193 g/mol. The molecule has 14 heavy (non-hydrogen) atoms. The van der Waals surface area contributed by atoms with Gasteiger partial charge in [0.2, 0.25) is 0 Å². The molecule has 0 amide bonds. The molecule has 0 atom stereocenters. The van der Waals surface area contributed by atoms with Gasteiger partial charge in [-0.2, -0.15) is 0 Å². The third-order valence-corrected chi connectivity index (χ3v) is 1.81. The number of nitrogens with zero attached hydrogens (tertiary/aromatic N) is 1. The molecule has 2 rings (SSSR count). The average molecular weight is 193 g/mol. The van der Waals surface area contributed by atoms with Gasteiger partial charge in [-0.15, -0.1) is 0 Å². The minimum atomic E-state index is -0.724. The molecular formula is C8H7N3O3. The molecule has 6 heteroatoms. The lowest BCUT2D eigenvalue weighted by atomic mass is 10.4. The number of hydrogen-bond acceptors (Lipinski definition) is 4. The summed E-state index contributed by atoms with van der Waals surface area (Å²) in [7, 11) is 1.47. The first-order valence-electron chi connectivity index (χ1n) is 3.87. The molecule has 0 unspecified atom stereocenters. The SMILES string of the molecule is COc1ccnc2[nH]c(=O)c(=O)[nH]c12. The van der Waals surface area contributed by atoms with Gasteiger partial charge in [0.15, 0.2) is 5.65 Å². The maximum absolute atomic E-state index is 11.0. The van der Waals surface area contributed by atoms with Crippen LogP contribution >= 0.6 is 0 Å². The molecule has 72 valence electrons. The summed E-state index contributed by atoms with van der Waals surface area (Å²) in [5.41, 5.74) is -0.754. The number of methoxy groups -OCH3 is 1. The highest BCUT2D eigenvalue weighted by molar-refractivity contribution is 5.76. The minimum absolute atomic E-state index is 0.300. The summed E-state index contributed by atoms with van der Waals surface area (Å²) < 4.78 is 4.99. The van der Waals surface area contributed by atoms with Gasteiger partial charge in [-0.25, -0.2) is 4.98 Å². The van der Waals surface area contributed by atoms with Crippen LogP contribution in [0, 0.1) is 0 Å². The molecule has 0 saturated heterocycles. The van der Waals surface area contributed by atoms with Gasteiger partial charge in [0, 0.05) is 12.3 Å². The Morgan fingerprint density at radius 2 is 2.00 bits per heavy atom. The fraction of sp³-hybridized carbons (Fsp3) is 0.125. The second kappa shape index (κ2) is 2.99. The average Bonchev–Trinajstić information content (AvgIpc) is 2.19. The van der Waals surface area contributed by atoms with Crippen LogP contribution in [0.1, 0.15) is 0 Å². The normalized spacial score (nSPS) is 10.4. The van der Waals surface area contributed by atoms with E-state index in [1.807, 2.05) is 0 Å². The molecule has 0 aromatic carbocycles. The van der Waals surface area contributed by atoms with Crippen LogP contribution in [-0.4, -0.2) is 22.1 Å². The number of aromatic nitrogens is 3. The second-order valence-electron chi connectivity index (χ2n) is 2.65. The number of pyridine rings is 1. The largest absolute Gasteiger partial charge is 0.494 e. The van der Waals surface area contributed by atoms with Crippen molar-refractivity contribution in [1.82, 2.24) is 15.0 Å². The summed E-state index contributed by atoms with van der Waals surface area (Å²) in [4.78, 5) is 30.6. The predicted octanol–water partition coefficient (Wildman–Crippen LogP) is -0.380. The van der Waals surface area contributed by atoms with Crippen LogP contribution in [0.2, 0.25) is 0 Å². The molecule has 2 heterocycles. The molecule has 0 saturated carbocycles. The zero-order valence-corrected chi connectivity index (χ0v) is 7.33. The topological polar surface area (TPSA) is 87.8 Å². The number of hydrogen-bond donors (Lipinski definition) is 2. The molecule has 2 aromatic rings. The van der Waals surface area contributed by atoms with Gasteiger partial charge in [-0.3, -0.25) is 9.59 Å². The van der Waals surface area contributed by atoms with Gasteiger partial charge < -0.3 is 14.7 Å². The van der Waals surface area contributed by atoms with Gasteiger partial charge in [0.1, 0.15) is 11.3 Å². The van der Waals surface area contributed by atoms with E-state index in [1.54, 1.807) is 6.07 Å². The Labute approximate surface area is 77.6 Å². The molecule has 0 aliphatic rings. The van der Waals surface area contributed by atoms with E-state index in [0.29, 0.717) is 16.9 Å². The summed E-state index contributed by atoms with van der Waals surface area (Å²) in [6, 6.07) is 1.59. The third-order valence-electron chi connectivity index (χ3n) is 1.81. The Morgan fingerprint density at radius 1 is 1.29 bits per heavy atom.